The zero-order valence-electron chi connectivity index (χ0n) is 16.1. The average Bonchev–Trinajstić information content (AvgIpc) is 2.75. The molecule has 1 amide bonds. The summed E-state index contributed by atoms with van der Waals surface area (Å²) in [6.45, 7) is 0.636. The van der Waals surface area contributed by atoms with Crippen molar-refractivity contribution in [1.82, 2.24) is 5.32 Å². The van der Waals surface area contributed by atoms with Crippen molar-refractivity contribution in [2.24, 2.45) is 0 Å². The molecule has 3 rings (SSSR count). The Morgan fingerprint density at radius 2 is 1.59 bits per heavy atom. The van der Waals surface area contributed by atoms with Crippen molar-refractivity contribution >= 4 is 11.6 Å². The number of nitro groups is 1. The third-order valence-corrected chi connectivity index (χ3v) is 4.33. The number of fused-ring (bicyclic) bond motifs is 1. The van der Waals surface area contributed by atoms with Gasteiger partial charge in [0.2, 0.25) is 0 Å². The molecular formula is C19H20N2O8. The quantitative estimate of drug-likeness (QED) is 0.552. The lowest BCUT2D eigenvalue weighted by atomic mass is 10.1. The van der Waals surface area contributed by atoms with E-state index in [1.807, 2.05) is 0 Å². The van der Waals surface area contributed by atoms with Crippen LogP contribution in [0.25, 0.3) is 0 Å². The number of hydrogen-bond acceptors (Lipinski definition) is 8. The molecule has 0 bridgehead atoms. The van der Waals surface area contributed by atoms with Gasteiger partial charge in [-0.15, -0.1) is 0 Å². The van der Waals surface area contributed by atoms with Crippen LogP contribution < -0.4 is 29.0 Å². The maximum atomic E-state index is 12.7. The summed E-state index contributed by atoms with van der Waals surface area (Å²) in [6, 6.07) is 5.80. The van der Waals surface area contributed by atoms with Gasteiger partial charge in [-0.05, 0) is 6.07 Å². The number of rotatable bonds is 7. The number of methoxy groups -OCH3 is 3. The molecule has 0 radical (unpaired) electrons. The van der Waals surface area contributed by atoms with Crippen LogP contribution in [-0.4, -0.2) is 45.4 Å². The molecule has 1 aliphatic rings. The van der Waals surface area contributed by atoms with E-state index >= 15 is 0 Å². The Bertz CT molecular complexity index is 944. The predicted molar refractivity (Wildman–Crippen MR) is 101 cm³/mol. The van der Waals surface area contributed by atoms with Crippen molar-refractivity contribution in [3.63, 3.8) is 0 Å². The van der Waals surface area contributed by atoms with Gasteiger partial charge in [0.25, 0.3) is 11.6 Å². The van der Waals surface area contributed by atoms with Gasteiger partial charge >= 0.3 is 0 Å². The number of ether oxygens (including phenoxy) is 5. The highest BCUT2D eigenvalue weighted by atomic mass is 16.6. The monoisotopic (exact) mass is 404 g/mol. The largest absolute Gasteiger partial charge is 0.496 e. The fourth-order valence-electron chi connectivity index (χ4n) is 2.91. The normalized spacial score (nSPS) is 12.1. The SMILES string of the molecule is COc1cc(OC)c(OC)cc1CNC(=O)c1cc2c(cc1[N+](=O)[O-])OCCO2. The third-order valence-electron chi connectivity index (χ3n) is 4.33. The van der Waals surface area contributed by atoms with Crippen molar-refractivity contribution < 1.29 is 33.4 Å². The van der Waals surface area contributed by atoms with Crippen LogP contribution in [-0.2, 0) is 6.54 Å². The Hall–Kier alpha value is -3.69. The summed E-state index contributed by atoms with van der Waals surface area (Å²) in [5.41, 5.74) is 0.114. The van der Waals surface area contributed by atoms with Crippen molar-refractivity contribution in [3.05, 3.63) is 45.5 Å². The minimum absolute atomic E-state index is 0.0496. The first-order valence-electron chi connectivity index (χ1n) is 8.63. The maximum absolute atomic E-state index is 12.7. The van der Waals surface area contributed by atoms with Gasteiger partial charge in [-0.2, -0.15) is 0 Å². The molecule has 1 aliphatic heterocycles. The Morgan fingerprint density at radius 3 is 2.17 bits per heavy atom. The molecule has 0 saturated heterocycles. The van der Waals surface area contributed by atoms with Gasteiger partial charge in [0.15, 0.2) is 23.0 Å². The van der Waals surface area contributed by atoms with E-state index in [1.54, 1.807) is 12.1 Å². The first kappa shape index (κ1) is 20.1. The van der Waals surface area contributed by atoms with Crippen LogP contribution in [0.4, 0.5) is 5.69 Å². The van der Waals surface area contributed by atoms with Crippen LogP contribution in [0.1, 0.15) is 15.9 Å². The molecule has 0 saturated carbocycles. The van der Waals surface area contributed by atoms with Crippen LogP contribution in [0, 0.1) is 10.1 Å². The van der Waals surface area contributed by atoms with Crippen LogP contribution in [0.5, 0.6) is 28.7 Å². The molecule has 29 heavy (non-hydrogen) atoms. The molecule has 1 N–H and O–H groups in total. The van der Waals surface area contributed by atoms with E-state index in [4.69, 9.17) is 23.7 Å². The fraction of sp³-hybridized carbons (Fsp3) is 0.316. The smallest absolute Gasteiger partial charge is 0.286 e. The molecule has 0 fully saturated rings. The van der Waals surface area contributed by atoms with Gasteiger partial charge in [-0.25, -0.2) is 0 Å². The van der Waals surface area contributed by atoms with Gasteiger partial charge < -0.3 is 29.0 Å². The van der Waals surface area contributed by atoms with Gasteiger partial charge in [-0.1, -0.05) is 0 Å². The van der Waals surface area contributed by atoms with Gasteiger partial charge in [0, 0.05) is 24.2 Å². The topological polar surface area (TPSA) is 118 Å². The number of nitro benzene ring substituents is 1. The van der Waals surface area contributed by atoms with E-state index in [0.717, 1.165) is 0 Å². The molecule has 1 heterocycles. The maximum Gasteiger partial charge on any atom is 0.286 e. The van der Waals surface area contributed by atoms with Crippen LogP contribution in [0.2, 0.25) is 0 Å². The standard InChI is InChI=1S/C19H20N2O8/c1-25-14-9-16(27-3)15(26-2)6-11(14)10-20-19(22)12-7-17-18(29-5-4-28-17)8-13(12)21(23)24/h6-9H,4-5,10H2,1-3H3,(H,20,22). The third kappa shape index (κ3) is 4.10. The van der Waals surface area contributed by atoms with E-state index < -0.39 is 10.8 Å². The van der Waals surface area contributed by atoms with Gasteiger partial charge in [-0.3, -0.25) is 14.9 Å². The molecule has 10 heteroatoms. The molecule has 0 aliphatic carbocycles. The molecule has 0 atom stereocenters. The number of amides is 1. The summed E-state index contributed by atoms with van der Waals surface area (Å²) in [5.74, 6) is 1.30. The van der Waals surface area contributed by atoms with Crippen molar-refractivity contribution in [2.75, 3.05) is 34.5 Å². The van der Waals surface area contributed by atoms with E-state index in [9.17, 15) is 14.9 Å². The predicted octanol–water partition coefficient (Wildman–Crippen LogP) is 2.32. The van der Waals surface area contributed by atoms with Crippen molar-refractivity contribution in [3.8, 4) is 28.7 Å². The summed E-state index contributed by atoms with van der Waals surface area (Å²) in [5, 5.41) is 14.1. The second-order valence-electron chi connectivity index (χ2n) is 5.97. The van der Waals surface area contributed by atoms with Crippen molar-refractivity contribution in [2.45, 2.75) is 6.54 Å². The molecule has 10 nitrogen and oxygen atoms in total. The number of nitrogens with one attached hydrogen (secondary N) is 1. The van der Waals surface area contributed by atoms with Crippen LogP contribution in [0.3, 0.4) is 0 Å². The zero-order chi connectivity index (χ0) is 21.0. The number of nitrogens with zero attached hydrogens (tertiary/aromatic N) is 1. The van der Waals surface area contributed by atoms with Crippen molar-refractivity contribution in [1.29, 1.82) is 0 Å². The minimum atomic E-state index is -0.635. The Morgan fingerprint density at radius 1 is 1.00 bits per heavy atom. The number of benzene rings is 2. The van der Waals surface area contributed by atoms with Gasteiger partial charge in [0.05, 0.1) is 32.3 Å². The summed E-state index contributed by atoms with van der Waals surface area (Å²) in [6.07, 6.45) is 0. The zero-order valence-corrected chi connectivity index (χ0v) is 16.1. The number of hydrogen-bond donors (Lipinski definition) is 1. The molecule has 0 spiro atoms. The highest BCUT2D eigenvalue weighted by Crippen LogP contribution is 2.37. The van der Waals surface area contributed by atoms with E-state index in [1.165, 1.54) is 33.5 Å². The average molecular weight is 404 g/mol. The Balaban J connectivity index is 1.87. The summed E-state index contributed by atoms with van der Waals surface area (Å²) >= 11 is 0. The molecule has 2 aromatic carbocycles. The minimum Gasteiger partial charge on any atom is -0.496 e. The van der Waals surface area contributed by atoms with Crippen LogP contribution >= 0.6 is 0 Å². The second kappa shape index (κ2) is 8.55. The summed E-state index contributed by atoms with van der Waals surface area (Å²) in [4.78, 5) is 23.5. The number of carbonyl (C=O) groups is 1. The molecule has 0 aromatic heterocycles. The highest BCUT2D eigenvalue weighted by molar-refractivity contribution is 5.99. The highest BCUT2D eigenvalue weighted by Gasteiger charge is 2.26. The van der Waals surface area contributed by atoms with Crippen LogP contribution in [0.15, 0.2) is 24.3 Å². The second-order valence-corrected chi connectivity index (χ2v) is 5.97. The number of carbonyl (C=O) groups excluding carboxylic acids is 1. The van der Waals surface area contributed by atoms with Gasteiger partial charge in [0.1, 0.15) is 24.5 Å². The lowest BCUT2D eigenvalue weighted by molar-refractivity contribution is -0.385. The Kier molecular flexibility index (Phi) is 5.91. The lowest BCUT2D eigenvalue weighted by Gasteiger charge is -2.19. The van der Waals surface area contributed by atoms with E-state index in [0.29, 0.717) is 29.4 Å². The Labute approximate surface area is 166 Å². The first-order chi connectivity index (χ1) is 14.0. The van der Waals surface area contributed by atoms with E-state index in [-0.39, 0.29) is 35.9 Å². The molecule has 154 valence electrons. The summed E-state index contributed by atoms with van der Waals surface area (Å²) < 4.78 is 26.6. The molecule has 0 unspecified atom stereocenters. The van der Waals surface area contributed by atoms with E-state index in [2.05, 4.69) is 5.32 Å². The summed E-state index contributed by atoms with van der Waals surface area (Å²) in [7, 11) is 4.48. The first-order valence-corrected chi connectivity index (χ1v) is 8.63. The molecule has 2 aromatic rings. The molecular weight excluding hydrogens is 384 g/mol. The fourth-order valence-corrected chi connectivity index (χ4v) is 2.91. The lowest BCUT2D eigenvalue weighted by Crippen LogP contribution is -2.25.